The number of hydrogen-bond acceptors (Lipinski definition) is 3. The van der Waals surface area contributed by atoms with E-state index in [4.69, 9.17) is 10.5 Å². The zero-order chi connectivity index (χ0) is 12.6. The summed E-state index contributed by atoms with van der Waals surface area (Å²) in [7, 11) is 0. The molecule has 0 saturated carbocycles. The molecule has 1 aliphatic rings. The second kappa shape index (κ2) is 4.13. The highest BCUT2D eigenvalue weighted by Crippen LogP contribution is 2.38. The maximum absolute atomic E-state index is 5.99. The zero-order valence-corrected chi connectivity index (χ0v) is 11.2. The monoisotopic (exact) mass is 234 g/mol. The summed E-state index contributed by atoms with van der Waals surface area (Å²) in [6, 6.07) is 5.87. The minimum atomic E-state index is -0.141. The summed E-state index contributed by atoms with van der Waals surface area (Å²) in [6.45, 7) is 10.6. The molecule has 1 aromatic carbocycles. The van der Waals surface area contributed by atoms with Crippen LogP contribution in [0.3, 0.4) is 0 Å². The van der Waals surface area contributed by atoms with Crippen molar-refractivity contribution in [2.45, 2.75) is 33.3 Å². The van der Waals surface area contributed by atoms with E-state index in [9.17, 15) is 0 Å². The van der Waals surface area contributed by atoms with Crippen LogP contribution in [0.4, 0.5) is 11.4 Å². The third kappa shape index (κ3) is 2.65. The summed E-state index contributed by atoms with van der Waals surface area (Å²) in [6.07, 6.45) is 0. The maximum Gasteiger partial charge on any atom is 0.143 e. The van der Waals surface area contributed by atoms with Gasteiger partial charge in [-0.2, -0.15) is 0 Å². The van der Waals surface area contributed by atoms with Gasteiger partial charge in [-0.15, -0.1) is 0 Å². The molecular weight excluding hydrogens is 212 g/mol. The van der Waals surface area contributed by atoms with Crippen molar-refractivity contribution in [2.75, 3.05) is 23.7 Å². The lowest BCUT2D eigenvalue weighted by atomic mass is 10.0. The number of ether oxygens (including phenoxy) is 1. The van der Waals surface area contributed by atoms with Crippen molar-refractivity contribution in [1.82, 2.24) is 0 Å². The van der Waals surface area contributed by atoms with Gasteiger partial charge in [0.15, 0.2) is 0 Å². The van der Waals surface area contributed by atoms with E-state index >= 15 is 0 Å². The largest absolute Gasteiger partial charge is 0.484 e. The van der Waals surface area contributed by atoms with Crippen LogP contribution in [0.25, 0.3) is 0 Å². The van der Waals surface area contributed by atoms with Crippen LogP contribution in [0.5, 0.6) is 5.75 Å². The van der Waals surface area contributed by atoms with Crippen molar-refractivity contribution >= 4 is 11.4 Å². The molecule has 0 bridgehead atoms. The van der Waals surface area contributed by atoms with Gasteiger partial charge < -0.3 is 15.4 Å². The van der Waals surface area contributed by atoms with Crippen LogP contribution in [0, 0.1) is 5.92 Å². The van der Waals surface area contributed by atoms with Gasteiger partial charge in [-0.05, 0) is 38.0 Å². The first-order valence-corrected chi connectivity index (χ1v) is 6.21. The smallest absolute Gasteiger partial charge is 0.143 e. The van der Waals surface area contributed by atoms with Gasteiger partial charge in [-0.25, -0.2) is 0 Å². The minimum Gasteiger partial charge on any atom is -0.484 e. The molecule has 17 heavy (non-hydrogen) atoms. The van der Waals surface area contributed by atoms with E-state index in [1.54, 1.807) is 0 Å². The normalized spacial score (nSPS) is 17.8. The van der Waals surface area contributed by atoms with Gasteiger partial charge in [-0.1, -0.05) is 13.8 Å². The van der Waals surface area contributed by atoms with Crippen LogP contribution in [-0.2, 0) is 0 Å². The Kier molecular flexibility index (Phi) is 2.94. The van der Waals surface area contributed by atoms with Crippen LogP contribution in [-0.4, -0.2) is 18.7 Å². The molecule has 94 valence electrons. The number of benzene rings is 1. The third-order valence-electron chi connectivity index (χ3n) is 2.87. The van der Waals surface area contributed by atoms with Gasteiger partial charge in [0.05, 0.1) is 12.2 Å². The predicted molar refractivity (Wildman–Crippen MR) is 72.6 cm³/mol. The highest BCUT2D eigenvalue weighted by Gasteiger charge is 2.31. The summed E-state index contributed by atoms with van der Waals surface area (Å²) in [4.78, 5) is 2.37. The first-order valence-electron chi connectivity index (χ1n) is 6.21. The van der Waals surface area contributed by atoms with Crippen molar-refractivity contribution in [1.29, 1.82) is 0 Å². The van der Waals surface area contributed by atoms with Gasteiger partial charge in [0.2, 0.25) is 0 Å². The molecule has 0 aliphatic carbocycles. The Bertz CT molecular complexity index is 413. The lowest BCUT2D eigenvalue weighted by Crippen LogP contribution is -2.48. The van der Waals surface area contributed by atoms with Crippen LogP contribution in [0.15, 0.2) is 18.2 Å². The number of nitrogen functional groups attached to an aromatic ring is 1. The van der Waals surface area contributed by atoms with Gasteiger partial charge in [-0.3, -0.25) is 0 Å². The molecule has 2 N–H and O–H groups in total. The highest BCUT2D eigenvalue weighted by molar-refractivity contribution is 5.66. The zero-order valence-electron chi connectivity index (χ0n) is 11.2. The molecular formula is C14H22N2O. The van der Waals surface area contributed by atoms with Crippen LogP contribution >= 0.6 is 0 Å². The quantitative estimate of drug-likeness (QED) is 0.800. The van der Waals surface area contributed by atoms with Crippen molar-refractivity contribution in [3.63, 3.8) is 0 Å². The van der Waals surface area contributed by atoms with Gasteiger partial charge in [0, 0.05) is 12.2 Å². The minimum absolute atomic E-state index is 0.141. The van der Waals surface area contributed by atoms with Crippen LogP contribution in [0.2, 0.25) is 0 Å². The first-order chi connectivity index (χ1) is 7.87. The Hall–Kier alpha value is -1.38. The molecule has 0 radical (unpaired) electrons. The summed E-state index contributed by atoms with van der Waals surface area (Å²) in [5.74, 6) is 1.56. The Labute approximate surface area is 104 Å². The Balaban J connectivity index is 2.37. The number of fused-ring (bicyclic) bond motifs is 1. The second-order valence-corrected chi connectivity index (χ2v) is 5.86. The Morgan fingerprint density at radius 1 is 1.41 bits per heavy atom. The van der Waals surface area contributed by atoms with E-state index in [1.165, 1.54) is 0 Å². The summed E-state index contributed by atoms with van der Waals surface area (Å²) in [5, 5.41) is 0. The SMILES string of the molecule is CC(C)CN1CC(C)(C)Oc2ccc(N)cc21. The van der Waals surface area contributed by atoms with Crippen molar-refractivity contribution in [3.8, 4) is 5.75 Å². The fraction of sp³-hybridized carbons (Fsp3) is 0.571. The molecule has 1 aromatic rings. The molecule has 0 spiro atoms. The van der Waals surface area contributed by atoms with Crippen LogP contribution < -0.4 is 15.4 Å². The van der Waals surface area contributed by atoms with Crippen molar-refractivity contribution in [3.05, 3.63) is 18.2 Å². The fourth-order valence-corrected chi connectivity index (χ4v) is 2.35. The molecule has 0 amide bonds. The lowest BCUT2D eigenvalue weighted by Gasteiger charge is -2.41. The van der Waals surface area contributed by atoms with E-state index in [0.29, 0.717) is 5.92 Å². The maximum atomic E-state index is 5.99. The molecule has 0 aromatic heterocycles. The number of nitrogens with two attached hydrogens (primary N) is 1. The predicted octanol–water partition coefficient (Wildman–Crippen LogP) is 2.90. The number of hydrogen-bond donors (Lipinski definition) is 1. The lowest BCUT2D eigenvalue weighted by molar-refractivity contribution is 0.104. The standard InChI is InChI=1S/C14H22N2O/c1-10(2)8-16-9-14(3,4)17-13-6-5-11(15)7-12(13)16/h5-7,10H,8-9,15H2,1-4H3. The first kappa shape index (κ1) is 12.1. The molecule has 0 unspecified atom stereocenters. The fourth-order valence-electron chi connectivity index (χ4n) is 2.35. The number of rotatable bonds is 2. The average Bonchev–Trinajstić information content (AvgIpc) is 2.17. The molecule has 1 aliphatic heterocycles. The molecule has 0 fully saturated rings. The average molecular weight is 234 g/mol. The van der Waals surface area contributed by atoms with Crippen molar-refractivity contribution in [2.24, 2.45) is 5.92 Å². The summed E-state index contributed by atoms with van der Waals surface area (Å²) >= 11 is 0. The molecule has 0 saturated heterocycles. The topological polar surface area (TPSA) is 38.5 Å². The number of anilines is 2. The molecule has 1 heterocycles. The summed E-state index contributed by atoms with van der Waals surface area (Å²) in [5.41, 5.74) is 7.63. The Morgan fingerprint density at radius 2 is 2.12 bits per heavy atom. The molecule has 2 rings (SSSR count). The van der Waals surface area contributed by atoms with E-state index in [-0.39, 0.29) is 5.60 Å². The highest BCUT2D eigenvalue weighted by atomic mass is 16.5. The number of nitrogens with zero attached hydrogens (tertiary/aromatic N) is 1. The van der Waals surface area contributed by atoms with E-state index < -0.39 is 0 Å². The van der Waals surface area contributed by atoms with E-state index in [0.717, 1.165) is 30.2 Å². The van der Waals surface area contributed by atoms with Crippen molar-refractivity contribution < 1.29 is 4.74 Å². The van der Waals surface area contributed by atoms with Gasteiger partial charge in [0.1, 0.15) is 11.4 Å². The molecule has 3 heteroatoms. The van der Waals surface area contributed by atoms with Crippen LogP contribution in [0.1, 0.15) is 27.7 Å². The molecule has 0 atom stereocenters. The Morgan fingerprint density at radius 3 is 2.76 bits per heavy atom. The third-order valence-corrected chi connectivity index (χ3v) is 2.87. The molecule has 3 nitrogen and oxygen atoms in total. The van der Waals surface area contributed by atoms with E-state index in [2.05, 4.69) is 32.6 Å². The van der Waals surface area contributed by atoms with Gasteiger partial charge >= 0.3 is 0 Å². The van der Waals surface area contributed by atoms with E-state index in [1.807, 2.05) is 18.2 Å². The second-order valence-electron chi connectivity index (χ2n) is 5.86. The summed E-state index contributed by atoms with van der Waals surface area (Å²) < 4.78 is 5.99. The van der Waals surface area contributed by atoms with Gasteiger partial charge in [0.25, 0.3) is 0 Å².